The SMILES string of the molecule is O[C@H](CCl)c1cc(Cl)c(Cl)cc1Cl. The molecule has 0 amide bonds. The summed E-state index contributed by atoms with van der Waals surface area (Å²) in [6.07, 6.45) is -0.816. The quantitative estimate of drug-likeness (QED) is 0.631. The second-order valence-electron chi connectivity index (χ2n) is 2.46. The zero-order valence-corrected chi connectivity index (χ0v) is 9.42. The Labute approximate surface area is 96.2 Å². The molecular formula is C8H6Cl4O. The molecule has 72 valence electrons. The molecular weight excluding hydrogens is 254 g/mol. The third-order valence-corrected chi connectivity index (χ3v) is 2.89. The average molecular weight is 260 g/mol. The second-order valence-corrected chi connectivity index (χ2v) is 3.99. The molecule has 0 aliphatic rings. The van der Waals surface area contributed by atoms with E-state index >= 15 is 0 Å². The molecule has 1 nitrogen and oxygen atoms in total. The molecule has 0 saturated heterocycles. The van der Waals surface area contributed by atoms with Crippen molar-refractivity contribution in [2.75, 3.05) is 5.88 Å². The molecule has 0 aliphatic carbocycles. The first-order valence-electron chi connectivity index (χ1n) is 3.44. The van der Waals surface area contributed by atoms with E-state index in [4.69, 9.17) is 46.4 Å². The van der Waals surface area contributed by atoms with Crippen molar-refractivity contribution >= 4 is 46.4 Å². The van der Waals surface area contributed by atoms with Crippen LogP contribution in [0, 0.1) is 0 Å². The van der Waals surface area contributed by atoms with Gasteiger partial charge >= 0.3 is 0 Å². The fourth-order valence-electron chi connectivity index (χ4n) is 0.876. The van der Waals surface area contributed by atoms with Crippen LogP contribution in [0.1, 0.15) is 11.7 Å². The standard InChI is InChI=1S/C8H6Cl4O/c9-3-8(13)4-1-6(11)7(12)2-5(4)10/h1-2,8,13H,3H2/t8-/m1/s1. The molecule has 1 N–H and O–H groups in total. The van der Waals surface area contributed by atoms with Crippen LogP contribution >= 0.6 is 46.4 Å². The molecule has 0 bridgehead atoms. The van der Waals surface area contributed by atoms with Crippen molar-refractivity contribution < 1.29 is 5.11 Å². The summed E-state index contributed by atoms with van der Waals surface area (Å²) in [5.41, 5.74) is 0.492. The Bertz CT molecular complexity index is 313. The number of halogens is 4. The molecule has 5 heteroatoms. The molecule has 0 saturated carbocycles. The van der Waals surface area contributed by atoms with E-state index in [2.05, 4.69) is 0 Å². The van der Waals surface area contributed by atoms with E-state index in [-0.39, 0.29) is 5.88 Å². The van der Waals surface area contributed by atoms with Crippen LogP contribution in [0.5, 0.6) is 0 Å². The molecule has 0 heterocycles. The maximum atomic E-state index is 9.41. The minimum Gasteiger partial charge on any atom is -0.387 e. The van der Waals surface area contributed by atoms with Crippen molar-refractivity contribution in [2.45, 2.75) is 6.10 Å². The lowest BCUT2D eigenvalue weighted by atomic mass is 10.1. The fourth-order valence-corrected chi connectivity index (χ4v) is 1.72. The monoisotopic (exact) mass is 258 g/mol. The van der Waals surface area contributed by atoms with E-state index in [1.165, 1.54) is 12.1 Å². The number of benzene rings is 1. The molecule has 0 aliphatic heterocycles. The van der Waals surface area contributed by atoms with Crippen LogP contribution in [-0.4, -0.2) is 11.0 Å². The van der Waals surface area contributed by atoms with Crippen LogP contribution < -0.4 is 0 Å². The first-order valence-corrected chi connectivity index (χ1v) is 5.11. The van der Waals surface area contributed by atoms with Crippen molar-refractivity contribution in [2.24, 2.45) is 0 Å². The predicted molar refractivity (Wildman–Crippen MR) is 57.2 cm³/mol. The van der Waals surface area contributed by atoms with Crippen LogP contribution in [0.4, 0.5) is 0 Å². The van der Waals surface area contributed by atoms with E-state index in [1.807, 2.05) is 0 Å². The number of aliphatic hydroxyl groups excluding tert-OH is 1. The van der Waals surface area contributed by atoms with Crippen LogP contribution in [-0.2, 0) is 0 Å². The van der Waals surface area contributed by atoms with Gasteiger partial charge in [0.25, 0.3) is 0 Å². The summed E-state index contributed by atoms with van der Waals surface area (Å²) in [5.74, 6) is 0.0671. The summed E-state index contributed by atoms with van der Waals surface area (Å²) in [6, 6.07) is 3.00. The molecule has 1 rings (SSSR count). The molecule has 0 aromatic heterocycles. The van der Waals surface area contributed by atoms with Crippen molar-refractivity contribution in [1.29, 1.82) is 0 Å². The van der Waals surface area contributed by atoms with E-state index in [0.717, 1.165) is 0 Å². The van der Waals surface area contributed by atoms with Crippen LogP contribution in [0.2, 0.25) is 15.1 Å². The zero-order chi connectivity index (χ0) is 10.0. The summed E-state index contributed by atoms with van der Waals surface area (Å²) in [7, 11) is 0. The van der Waals surface area contributed by atoms with Gasteiger partial charge in [-0.3, -0.25) is 0 Å². The number of hydrogen-bond donors (Lipinski definition) is 1. The molecule has 13 heavy (non-hydrogen) atoms. The summed E-state index contributed by atoms with van der Waals surface area (Å²) in [5, 5.41) is 10.5. The van der Waals surface area contributed by atoms with Gasteiger partial charge < -0.3 is 5.11 Å². The largest absolute Gasteiger partial charge is 0.387 e. The molecule has 0 unspecified atom stereocenters. The molecule has 1 aromatic carbocycles. The number of hydrogen-bond acceptors (Lipinski definition) is 1. The van der Waals surface area contributed by atoms with E-state index in [9.17, 15) is 5.11 Å². The Hall–Kier alpha value is 0.340. The van der Waals surface area contributed by atoms with Crippen molar-refractivity contribution in [3.05, 3.63) is 32.8 Å². The zero-order valence-electron chi connectivity index (χ0n) is 6.40. The lowest BCUT2D eigenvalue weighted by Gasteiger charge is -2.10. The van der Waals surface area contributed by atoms with E-state index < -0.39 is 6.10 Å². The highest BCUT2D eigenvalue weighted by atomic mass is 35.5. The third-order valence-electron chi connectivity index (χ3n) is 1.54. The topological polar surface area (TPSA) is 20.2 Å². The van der Waals surface area contributed by atoms with Crippen LogP contribution in [0.3, 0.4) is 0 Å². The van der Waals surface area contributed by atoms with Gasteiger partial charge in [-0.2, -0.15) is 0 Å². The van der Waals surface area contributed by atoms with Gasteiger partial charge in [-0.05, 0) is 12.1 Å². The molecule has 1 aromatic rings. The first-order chi connectivity index (χ1) is 6.06. The smallest absolute Gasteiger partial charge is 0.0940 e. The number of aliphatic hydroxyl groups is 1. The van der Waals surface area contributed by atoms with Crippen molar-refractivity contribution in [3.8, 4) is 0 Å². The Balaban J connectivity index is 3.15. The summed E-state index contributed by atoms with van der Waals surface area (Å²) >= 11 is 22.7. The van der Waals surface area contributed by atoms with Gasteiger partial charge in [0.1, 0.15) is 0 Å². The normalized spacial score (nSPS) is 13.0. The Morgan fingerprint density at radius 1 is 1.08 bits per heavy atom. The van der Waals surface area contributed by atoms with Crippen LogP contribution in [0.15, 0.2) is 12.1 Å². The molecule has 0 fully saturated rings. The van der Waals surface area contributed by atoms with E-state index in [1.54, 1.807) is 0 Å². The molecule has 0 spiro atoms. The summed E-state index contributed by atoms with van der Waals surface area (Å²) in [6.45, 7) is 0. The average Bonchev–Trinajstić information content (AvgIpc) is 2.10. The van der Waals surface area contributed by atoms with Gasteiger partial charge in [0.2, 0.25) is 0 Å². The van der Waals surface area contributed by atoms with Crippen molar-refractivity contribution in [1.82, 2.24) is 0 Å². The van der Waals surface area contributed by atoms with Gasteiger partial charge in [-0.25, -0.2) is 0 Å². The lowest BCUT2D eigenvalue weighted by molar-refractivity contribution is 0.203. The van der Waals surface area contributed by atoms with Gasteiger partial charge in [-0.1, -0.05) is 34.8 Å². The maximum Gasteiger partial charge on any atom is 0.0940 e. The van der Waals surface area contributed by atoms with Crippen LogP contribution in [0.25, 0.3) is 0 Å². The fraction of sp³-hybridized carbons (Fsp3) is 0.250. The summed E-state index contributed by atoms with van der Waals surface area (Å²) in [4.78, 5) is 0. The predicted octanol–water partition coefficient (Wildman–Crippen LogP) is 3.92. The van der Waals surface area contributed by atoms with Gasteiger partial charge in [-0.15, -0.1) is 11.6 Å². The number of rotatable bonds is 2. The molecule has 0 radical (unpaired) electrons. The van der Waals surface area contributed by atoms with Gasteiger partial charge in [0.15, 0.2) is 0 Å². The highest BCUT2D eigenvalue weighted by molar-refractivity contribution is 6.43. The second kappa shape index (κ2) is 4.72. The highest BCUT2D eigenvalue weighted by Crippen LogP contribution is 2.32. The Morgan fingerprint density at radius 3 is 2.15 bits per heavy atom. The minimum absolute atomic E-state index is 0.0671. The summed E-state index contributed by atoms with van der Waals surface area (Å²) < 4.78 is 0. The van der Waals surface area contributed by atoms with Gasteiger partial charge in [0.05, 0.1) is 22.0 Å². The Morgan fingerprint density at radius 2 is 1.62 bits per heavy atom. The third kappa shape index (κ3) is 2.64. The highest BCUT2D eigenvalue weighted by Gasteiger charge is 2.12. The minimum atomic E-state index is -0.816. The Kier molecular flexibility index (Phi) is 4.14. The van der Waals surface area contributed by atoms with Gasteiger partial charge in [0, 0.05) is 10.6 Å². The maximum absolute atomic E-state index is 9.41. The first kappa shape index (κ1) is 11.4. The molecule has 1 atom stereocenters. The van der Waals surface area contributed by atoms with E-state index in [0.29, 0.717) is 20.6 Å². The lowest BCUT2D eigenvalue weighted by Crippen LogP contribution is -1.99. The van der Waals surface area contributed by atoms with Crippen molar-refractivity contribution in [3.63, 3.8) is 0 Å². The number of alkyl halides is 1.